The highest BCUT2D eigenvalue weighted by Crippen LogP contribution is 2.29. The van der Waals surface area contributed by atoms with E-state index in [1.165, 1.54) is 36.0 Å². The fourth-order valence-corrected chi connectivity index (χ4v) is 3.07. The summed E-state index contributed by atoms with van der Waals surface area (Å²) in [4.78, 5) is 43.9. The third-order valence-electron chi connectivity index (χ3n) is 4.79. The number of ether oxygens (including phenoxy) is 1. The van der Waals surface area contributed by atoms with Crippen LogP contribution in [0.4, 0.5) is 20.7 Å². The number of likely N-dealkylation sites (N-methyl/N-ethyl adjacent to an activating group) is 2. The lowest BCUT2D eigenvalue weighted by Crippen LogP contribution is -2.38. The molecule has 2 heterocycles. The predicted molar refractivity (Wildman–Crippen MR) is 113 cm³/mol. The molecule has 1 atom stereocenters. The zero-order valence-corrected chi connectivity index (χ0v) is 17.8. The Balaban J connectivity index is 1.73. The van der Waals surface area contributed by atoms with Gasteiger partial charge in [0.2, 0.25) is 11.8 Å². The summed E-state index contributed by atoms with van der Waals surface area (Å²) in [6.45, 7) is 1.70. The van der Waals surface area contributed by atoms with Crippen molar-refractivity contribution in [1.82, 2.24) is 14.8 Å². The standard InChI is InChI=1S/C21H24FN5O4/c1-13(28)26(4)20-12-27(21(30)31-20)15-6-7-16(17(22)9-15)14-5-8-18(23-10-14)24-19(29)11-25(2)3/h5-10,20H,11-12H2,1-4H3,(H,23,24,29)/t20-/m0/s1. The predicted octanol–water partition coefficient (Wildman–Crippen LogP) is 2.15. The van der Waals surface area contributed by atoms with Crippen LogP contribution in [-0.4, -0.2) is 73.2 Å². The van der Waals surface area contributed by atoms with Gasteiger partial charge < -0.3 is 19.9 Å². The minimum atomic E-state index is -0.729. The Hall–Kier alpha value is -3.53. The molecule has 3 amide bonds. The van der Waals surface area contributed by atoms with Gasteiger partial charge in [-0.05, 0) is 44.4 Å². The molecule has 164 valence electrons. The summed E-state index contributed by atoms with van der Waals surface area (Å²) in [6, 6.07) is 7.62. The van der Waals surface area contributed by atoms with Crippen LogP contribution >= 0.6 is 0 Å². The van der Waals surface area contributed by atoms with E-state index in [1.54, 1.807) is 43.3 Å². The Labute approximate surface area is 179 Å². The second kappa shape index (κ2) is 9.09. The molecule has 1 aromatic carbocycles. The Morgan fingerprint density at radius 2 is 2.00 bits per heavy atom. The average Bonchev–Trinajstić information content (AvgIpc) is 3.09. The zero-order valence-electron chi connectivity index (χ0n) is 17.8. The average molecular weight is 429 g/mol. The van der Waals surface area contributed by atoms with E-state index in [-0.39, 0.29) is 24.9 Å². The van der Waals surface area contributed by atoms with Crippen molar-refractivity contribution in [2.75, 3.05) is 44.4 Å². The molecule has 1 fully saturated rings. The van der Waals surface area contributed by atoms with Gasteiger partial charge in [-0.3, -0.25) is 14.5 Å². The summed E-state index contributed by atoms with van der Waals surface area (Å²) in [5.41, 5.74) is 1.14. The monoisotopic (exact) mass is 429 g/mol. The van der Waals surface area contributed by atoms with Crippen molar-refractivity contribution < 1.29 is 23.5 Å². The van der Waals surface area contributed by atoms with Gasteiger partial charge in [-0.2, -0.15) is 0 Å². The Bertz CT molecular complexity index is 996. The highest BCUT2D eigenvalue weighted by molar-refractivity contribution is 5.92. The third kappa shape index (κ3) is 5.15. The molecule has 0 aliphatic carbocycles. The number of carbonyl (C=O) groups is 3. The summed E-state index contributed by atoms with van der Waals surface area (Å²) < 4.78 is 20.0. The maximum Gasteiger partial charge on any atom is 0.416 e. The van der Waals surface area contributed by atoms with Crippen molar-refractivity contribution in [1.29, 1.82) is 0 Å². The van der Waals surface area contributed by atoms with Crippen LogP contribution in [0.1, 0.15) is 6.92 Å². The number of pyridine rings is 1. The lowest BCUT2D eigenvalue weighted by atomic mass is 10.1. The van der Waals surface area contributed by atoms with E-state index in [2.05, 4.69) is 10.3 Å². The minimum Gasteiger partial charge on any atom is -0.423 e. The van der Waals surface area contributed by atoms with Gasteiger partial charge in [-0.25, -0.2) is 14.2 Å². The Morgan fingerprint density at radius 3 is 2.58 bits per heavy atom. The molecular formula is C21H24FN5O4. The molecule has 1 aliphatic rings. The molecule has 0 bridgehead atoms. The summed E-state index contributed by atoms with van der Waals surface area (Å²) in [6.07, 6.45) is 0.0858. The number of hydrogen-bond acceptors (Lipinski definition) is 6. The topological polar surface area (TPSA) is 95.1 Å². The summed E-state index contributed by atoms with van der Waals surface area (Å²) in [7, 11) is 5.10. The van der Waals surface area contributed by atoms with E-state index in [4.69, 9.17) is 4.74 Å². The van der Waals surface area contributed by atoms with Gasteiger partial charge in [-0.15, -0.1) is 0 Å². The molecule has 31 heavy (non-hydrogen) atoms. The lowest BCUT2D eigenvalue weighted by molar-refractivity contribution is -0.134. The fourth-order valence-electron chi connectivity index (χ4n) is 3.07. The molecule has 9 nitrogen and oxygen atoms in total. The highest BCUT2D eigenvalue weighted by atomic mass is 19.1. The van der Waals surface area contributed by atoms with Crippen molar-refractivity contribution in [3.8, 4) is 11.1 Å². The van der Waals surface area contributed by atoms with Gasteiger partial charge >= 0.3 is 6.09 Å². The molecule has 1 N–H and O–H groups in total. The van der Waals surface area contributed by atoms with Crippen molar-refractivity contribution in [2.24, 2.45) is 0 Å². The number of nitrogens with zero attached hydrogens (tertiary/aromatic N) is 4. The van der Waals surface area contributed by atoms with Gasteiger partial charge in [0, 0.05) is 31.3 Å². The van der Waals surface area contributed by atoms with Crippen LogP contribution in [0.25, 0.3) is 11.1 Å². The van der Waals surface area contributed by atoms with Crippen LogP contribution in [0, 0.1) is 5.82 Å². The number of rotatable bonds is 6. The summed E-state index contributed by atoms with van der Waals surface area (Å²) in [5.74, 6) is -0.616. The molecule has 0 saturated carbocycles. The molecule has 1 aliphatic heterocycles. The lowest BCUT2D eigenvalue weighted by Gasteiger charge is -2.20. The summed E-state index contributed by atoms with van der Waals surface area (Å²) in [5, 5.41) is 2.67. The first kappa shape index (κ1) is 22.2. The van der Waals surface area contributed by atoms with E-state index in [0.29, 0.717) is 22.6 Å². The second-order valence-electron chi connectivity index (χ2n) is 7.46. The fraction of sp³-hybridized carbons (Fsp3) is 0.333. The van der Waals surface area contributed by atoms with Crippen molar-refractivity contribution in [3.63, 3.8) is 0 Å². The molecule has 3 rings (SSSR count). The van der Waals surface area contributed by atoms with Crippen LogP contribution in [-0.2, 0) is 14.3 Å². The number of anilines is 2. The zero-order chi connectivity index (χ0) is 22.7. The molecule has 0 radical (unpaired) electrons. The molecule has 1 aromatic heterocycles. The van der Waals surface area contributed by atoms with Crippen molar-refractivity contribution in [2.45, 2.75) is 13.2 Å². The third-order valence-corrected chi connectivity index (χ3v) is 4.79. The van der Waals surface area contributed by atoms with Crippen LogP contribution < -0.4 is 10.2 Å². The van der Waals surface area contributed by atoms with Crippen LogP contribution in [0.2, 0.25) is 0 Å². The van der Waals surface area contributed by atoms with Gasteiger partial charge in [0.15, 0.2) is 6.23 Å². The van der Waals surface area contributed by atoms with E-state index in [0.717, 1.165) is 0 Å². The number of carbonyl (C=O) groups excluding carboxylic acids is 3. The minimum absolute atomic E-state index is 0.108. The van der Waals surface area contributed by atoms with Crippen molar-refractivity contribution >= 4 is 29.4 Å². The highest BCUT2D eigenvalue weighted by Gasteiger charge is 2.36. The number of aromatic nitrogens is 1. The second-order valence-corrected chi connectivity index (χ2v) is 7.46. The maximum atomic E-state index is 14.8. The quantitative estimate of drug-likeness (QED) is 0.756. The number of amides is 3. The first-order chi connectivity index (χ1) is 14.7. The molecule has 0 unspecified atom stereocenters. The van der Waals surface area contributed by atoms with Crippen LogP contribution in [0.5, 0.6) is 0 Å². The number of benzene rings is 1. The van der Waals surface area contributed by atoms with Crippen LogP contribution in [0.15, 0.2) is 36.5 Å². The molecule has 1 saturated heterocycles. The van der Waals surface area contributed by atoms with Gasteiger partial charge in [-0.1, -0.05) is 0 Å². The van der Waals surface area contributed by atoms with E-state index >= 15 is 0 Å². The first-order valence-corrected chi connectivity index (χ1v) is 9.58. The first-order valence-electron chi connectivity index (χ1n) is 9.58. The van der Waals surface area contributed by atoms with Gasteiger partial charge in [0.05, 0.1) is 18.8 Å². The van der Waals surface area contributed by atoms with Gasteiger partial charge in [0.1, 0.15) is 11.6 Å². The molecular weight excluding hydrogens is 405 g/mol. The molecule has 0 spiro atoms. The Morgan fingerprint density at radius 1 is 1.26 bits per heavy atom. The van der Waals surface area contributed by atoms with Crippen LogP contribution in [0.3, 0.4) is 0 Å². The number of cyclic esters (lactones) is 1. The SMILES string of the molecule is CC(=O)N(C)[C@@H]1CN(c2ccc(-c3ccc(NC(=O)CN(C)C)nc3)c(F)c2)C(=O)O1. The molecule has 10 heteroatoms. The van der Waals surface area contributed by atoms with E-state index < -0.39 is 18.1 Å². The number of nitrogens with one attached hydrogen (secondary N) is 1. The Kier molecular flexibility index (Phi) is 6.50. The largest absolute Gasteiger partial charge is 0.423 e. The maximum absolute atomic E-state index is 14.8. The number of halogens is 1. The van der Waals surface area contributed by atoms with Gasteiger partial charge in [0.25, 0.3) is 0 Å². The number of hydrogen-bond donors (Lipinski definition) is 1. The molecule has 2 aromatic rings. The van der Waals surface area contributed by atoms with E-state index in [1.807, 2.05) is 0 Å². The smallest absolute Gasteiger partial charge is 0.416 e. The van der Waals surface area contributed by atoms with E-state index in [9.17, 15) is 18.8 Å². The summed E-state index contributed by atoms with van der Waals surface area (Å²) >= 11 is 0. The van der Waals surface area contributed by atoms with Crippen molar-refractivity contribution in [3.05, 3.63) is 42.3 Å². The normalized spacial score (nSPS) is 15.7.